The van der Waals surface area contributed by atoms with Gasteiger partial charge in [0.25, 0.3) is 5.91 Å². The highest BCUT2D eigenvalue weighted by molar-refractivity contribution is 7.08. The lowest BCUT2D eigenvalue weighted by Gasteiger charge is -2.36. The van der Waals surface area contributed by atoms with Crippen LogP contribution in [-0.2, 0) is 11.2 Å². The van der Waals surface area contributed by atoms with Gasteiger partial charge in [0.2, 0.25) is 5.91 Å². The number of nitrogens with one attached hydrogen (secondary N) is 1. The number of amides is 2. The number of carbonyl (C=O) groups excluding carboxylic acids is 2. The average Bonchev–Trinajstić information content (AvgIpc) is 3.09. The Morgan fingerprint density at radius 1 is 1.25 bits per heavy atom. The van der Waals surface area contributed by atoms with Crippen molar-refractivity contribution in [2.45, 2.75) is 25.0 Å². The van der Waals surface area contributed by atoms with Crippen molar-refractivity contribution >= 4 is 23.2 Å². The van der Waals surface area contributed by atoms with Gasteiger partial charge in [-0.15, -0.1) is 0 Å². The van der Waals surface area contributed by atoms with E-state index in [1.807, 2.05) is 35.0 Å². The second-order valence-corrected chi connectivity index (χ2v) is 6.74. The molecule has 1 aliphatic rings. The number of rotatable bonds is 4. The molecule has 0 aliphatic carbocycles. The molecule has 3 rings (SSSR count). The van der Waals surface area contributed by atoms with Gasteiger partial charge in [0.1, 0.15) is 0 Å². The van der Waals surface area contributed by atoms with Gasteiger partial charge in [-0.3, -0.25) is 9.59 Å². The van der Waals surface area contributed by atoms with Crippen LogP contribution in [0.25, 0.3) is 0 Å². The number of thiophene rings is 1. The molecule has 2 heterocycles. The van der Waals surface area contributed by atoms with E-state index in [9.17, 15) is 14.7 Å². The van der Waals surface area contributed by atoms with Crippen LogP contribution >= 0.6 is 11.3 Å². The maximum Gasteiger partial charge on any atom is 0.253 e. The topological polar surface area (TPSA) is 69.6 Å². The molecule has 6 heteroatoms. The van der Waals surface area contributed by atoms with E-state index >= 15 is 0 Å². The van der Waals surface area contributed by atoms with Crippen LogP contribution in [0.4, 0.5) is 0 Å². The maximum atomic E-state index is 12.4. The molecule has 0 unspecified atom stereocenters. The molecule has 126 valence electrons. The normalized spacial score (nSPS) is 20.6. The number of aliphatic hydroxyl groups is 1. The zero-order valence-corrected chi connectivity index (χ0v) is 14.0. The number of carbonyl (C=O) groups is 2. The van der Waals surface area contributed by atoms with Crippen LogP contribution in [0.2, 0.25) is 0 Å². The summed E-state index contributed by atoms with van der Waals surface area (Å²) < 4.78 is 0. The van der Waals surface area contributed by atoms with Gasteiger partial charge >= 0.3 is 0 Å². The third kappa shape index (κ3) is 4.01. The summed E-state index contributed by atoms with van der Waals surface area (Å²) in [7, 11) is 0. The molecule has 1 aromatic heterocycles. The van der Waals surface area contributed by atoms with E-state index in [-0.39, 0.29) is 24.4 Å². The first-order valence-corrected chi connectivity index (χ1v) is 8.90. The van der Waals surface area contributed by atoms with E-state index in [1.165, 1.54) is 0 Å². The molecule has 24 heavy (non-hydrogen) atoms. The Morgan fingerprint density at radius 2 is 2.04 bits per heavy atom. The van der Waals surface area contributed by atoms with E-state index in [0.29, 0.717) is 24.9 Å². The second-order valence-electron chi connectivity index (χ2n) is 5.96. The molecule has 2 amide bonds. The standard InChI is InChI=1S/C18H20N2O3S/c21-16-11-20(18(23)14-4-2-1-3-5-14)8-6-15(16)19-17(22)10-13-7-9-24-12-13/h1-5,7,9,12,15-16,21H,6,8,10-11H2,(H,19,22)/t15-,16-/m1/s1. The lowest BCUT2D eigenvalue weighted by atomic mass is 10.0. The highest BCUT2D eigenvalue weighted by Crippen LogP contribution is 2.15. The third-order valence-corrected chi connectivity index (χ3v) is 4.91. The van der Waals surface area contributed by atoms with Crippen LogP contribution in [0.1, 0.15) is 22.3 Å². The fraction of sp³-hybridized carbons (Fsp3) is 0.333. The summed E-state index contributed by atoms with van der Waals surface area (Å²) in [5, 5.41) is 17.1. The van der Waals surface area contributed by atoms with Crippen LogP contribution in [0.3, 0.4) is 0 Å². The largest absolute Gasteiger partial charge is 0.389 e. The summed E-state index contributed by atoms with van der Waals surface area (Å²) in [6.45, 7) is 0.755. The van der Waals surface area contributed by atoms with Gasteiger partial charge in [-0.25, -0.2) is 0 Å². The van der Waals surface area contributed by atoms with Gasteiger partial charge in [-0.1, -0.05) is 18.2 Å². The lowest BCUT2D eigenvalue weighted by Crippen LogP contribution is -2.55. The van der Waals surface area contributed by atoms with Crippen molar-refractivity contribution in [1.82, 2.24) is 10.2 Å². The van der Waals surface area contributed by atoms with Gasteiger partial charge in [0.05, 0.1) is 18.6 Å². The van der Waals surface area contributed by atoms with Crippen molar-refractivity contribution in [3.05, 3.63) is 58.3 Å². The van der Waals surface area contributed by atoms with Crippen molar-refractivity contribution in [2.75, 3.05) is 13.1 Å². The highest BCUT2D eigenvalue weighted by atomic mass is 32.1. The van der Waals surface area contributed by atoms with Crippen LogP contribution in [0.15, 0.2) is 47.2 Å². The van der Waals surface area contributed by atoms with Crippen molar-refractivity contribution in [2.24, 2.45) is 0 Å². The smallest absolute Gasteiger partial charge is 0.253 e. The minimum Gasteiger partial charge on any atom is -0.389 e. The van der Waals surface area contributed by atoms with Gasteiger partial charge in [0.15, 0.2) is 0 Å². The number of benzene rings is 1. The van der Waals surface area contributed by atoms with E-state index in [0.717, 1.165) is 5.56 Å². The zero-order valence-electron chi connectivity index (χ0n) is 13.2. The molecular formula is C18H20N2O3S. The van der Waals surface area contributed by atoms with E-state index in [1.54, 1.807) is 28.4 Å². The first-order valence-electron chi connectivity index (χ1n) is 7.96. The molecule has 0 spiro atoms. The first kappa shape index (κ1) is 16.7. The van der Waals surface area contributed by atoms with E-state index in [2.05, 4.69) is 5.32 Å². The Labute approximate surface area is 144 Å². The first-order chi connectivity index (χ1) is 11.6. The fourth-order valence-electron chi connectivity index (χ4n) is 2.88. The van der Waals surface area contributed by atoms with Crippen LogP contribution < -0.4 is 5.32 Å². The summed E-state index contributed by atoms with van der Waals surface area (Å²) in [6.07, 6.45) is 0.118. The van der Waals surface area contributed by atoms with Crippen LogP contribution in [0, 0.1) is 0 Å². The summed E-state index contributed by atoms with van der Waals surface area (Å²) in [6, 6.07) is 10.6. The molecule has 5 nitrogen and oxygen atoms in total. The van der Waals surface area contributed by atoms with E-state index in [4.69, 9.17) is 0 Å². The summed E-state index contributed by atoms with van der Waals surface area (Å²) in [4.78, 5) is 26.1. The Hall–Kier alpha value is -2.18. The summed E-state index contributed by atoms with van der Waals surface area (Å²) in [5.41, 5.74) is 1.59. The van der Waals surface area contributed by atoms with Crippen LogP contribution in [0.5, 0.6) is 0 Å². The summed E-state index contributed by atoms with van der Waals surface area (Å²) in [5.74, 6) is -0.182. The lowest BCUT2D eigenvalue weighted by molar-refractivity contribution is -0.122. The minimum absolute atomic E-state index is 0.0855. The highest BCUT2D eigenvalue weighted by Gasteiger charge is 2.31. The molecule has 1 fully saturated rings. The minimum atomic E-state index is -0.752. The number of hydrogen-bond donors (Lipinski definition) is 2. The average molecular weight is 344 g/mol. The molecule has 0 bridgehead atoms. The molecule has 0 radical (unpaired) electrons. The molecular weight excluding hydrogens is 324 g/mol. The summed E-state index contributed by atoms with van der Waals surface area (Å²) >= 11 is 1.56. The quantitative estimate of drug-likeness (QED) is 0.887. The van der Waals surface area contributed by atoms with Crippen molar-refractivity contribution in [3.63, 3.8) is 0 Å². The molecule has 1 aliphatic heterocycles. The predicted molar refractivity (Wildman–Crippen MR) is 92.9 cm³/mol. The predicted octanol–water partition coefficient (Wildman–Crippen LogP) is 1.68. The number of hydrogen-bond acceptors (Lipinski definition) is 4. The van der Waals surface area contributed by atoms with Gasteiger partial charge in [-0.05, 0) is 40.9 Å². The molecule has 2 N–H and O–H groups in total. The number of nitrogens with zero attached hydrogens (tertiary/aromatic N) is 1. The van der Waals surface area contributed by atoms with Gasteiger partial charge < -0.3 is 15.3 Å². The van der Waals surface area contributed by atoms with Crippen molar-refractivity contribution in [3.8, 4) is 0 Å². The maximum absolute atomic E-state index is 12.4. The number of aliphatic hydroxyl groups excluding tert-OH is 1. The molecule has 0 saturated carbocycles. The molecule has 2 atom stereocenters. The van der Waals surface area contributed by atoms with Gasteiger partial charge in [0, 0.05) is 18.7 Å². The molecule has 1 aromatic carbocycles. The van der Waals surface area contributed by atoms with Crippen molar-refractivity contribution < 1.29 is 14.7 Å². The van der Waals surface area contributed by atoms with E-state index < -0.39 is 6.10 Å². The van der Waals surface area contributed by atoms with Crippen LogP contribution in [-0.4, -0.2) is 47.1 Å². The number of likely N-dealkylation sites (tertiary alicyclic amines) is 1. The monoisotopic (exact) mass is 344 g/mol. The third-order valence-electron chi connectivity index (χ3n) is 4.18. The van der Waals surface area contributed by atoms with Gasteiger partial charge in [-0.2, -0.15) is 11.3 Å². The molecule has 2 aromatic rings. The second kappa shape index (κ2) is 7.59. The SMILES string of the molecule is O=C(Cc1ccsc1)N[C@@H]1CCN(C(=O)c2ccccc2)C[C@H]1O. The Kier molecular flexibility index (Phi) is 5.27. The Balaban J connectivity index is 1.53. The number of piperidine rings is 1. The fourth-order valence-corrected chi connectivity index (χ4v) is 3.55. The van der Waals surface area contributed by atoms with Crippen molar-refractivity contribution in [1.29, 1.82) is 0 Å². The Morgan fingerprint density at radius 3 is 2.71 bits per heavy atom. The number of β-amino-alcohol motifs (C(OH)–C–C–N with tert-alkyl or cyclic N) is 1. The molecule has 1 saturated heterocycles. The zero-order chi connectivity index (χ0) is 16.9. The Bertz CT molecular complexity index is 688.